The van der Waals surface area contributed by atoms with Gasteiger partial charge in [0.05, 0.1) is 22.2 Å². The summed E-state index contributed by atoms with van der Waals surface area (Å²) in [5.74, 6) is 0. The smallest absolute Gasteiger partial charge is 0.266 e. The number of fused-ring (bicyclic) bond motifs is 1. The Labute approximate surface area is 171 Å². The lowest BCUT2D eigenvalue weighted by molar-refractivity contribution is -0.141. The van der Waals surface area contributed by atoms with Gasteiger partial charge in [-0.1, -0.05) is 12.1 Å². The van der Waals surface area contributed by atoms with Gasteiger partial charge in [0.15, 0.2) is 0 Å². The quantitative estimate of drug-likeness (QED) is 0.619. The molecule has 0 saturated heterocycles. The van der Waals surface area contributed by atoms with E-state index in [0.717, 1.165) is 17.8 Å². The summed E-state index contributed by atoms with van der Waals surface area (Å²) >= 11 is 0. The van der Waals surface area contributed by atoms with Crippen LogP contribution in [0.25, 0.3) is 11.1 Å². The highest BCUT2D eigenvalue weighted by Crippen LogP contribution is 2.36. The fourth-order valence-electron chi connectivity index (χ4n) is 3.36. The fraction of sp³-hybridized carbons (Fsp3) is 0.143. The number of anilines is 1. The van der Waals surface area contributed by atoms with Gasteiger partial charge in [-0.3, -0.25) is 9.29 Å². The van der Waals surface area contributed by atoms with E-state index in [1.165, 1.54) is 34.6 Å². The van der Waals surface area contributed by atoms with Crippen molar-refractivity contribution in [3.63, 3.8) is 0 Å². The summed E-state index contributed by atoms with van der Waals surface area (Å²) < 4.78 is 65.4. The number of sulfonamides is 1. The number of benzene rings is 2. The fourth-order valence-corrected chi connectivity index (χ4v) is 4.86. The number of rotatable bonds is 3. The molecule has 0 unspecified atom stereocenters. The van der Waals surface area contributed by atoms with Crippen LogP contribution in [-0.4, -0.2) is 19.9 Å². The molecule has 0 atom stereocenters. The van der Waals surface area contributed by atoms with Crippen LogP contribution in [0.15, 0.2) is 65.7 Å². The lowest BCUT2D eigenvalue weighted by atomic mass is 10.0. The Morgan fingerprint density at radius 2 is 1.70 bits per heavy atom. The maximum absolute atomic E-state index is 13.0. The minimum absolute atomic E-state index is 0.0883. The molecule has 0 radical (unpaired) electrons. The summed E-state index contributed by atoms with van der Waals surface area (Å²) in [6.07, 6.45) is -2.87. The van der Waals surface area contributed by atoms with Gasteiger partial charge in [-0.2, -0.15) is 18.4 Å². The molecule has 0 spiro atoms. The Hall–Kier alpha value is -3.38. The lowest BCUT2D eigenvalue weighted by Gasteiger charge is -2.20. The first-order chi connectivity index (χ1) is 14.2. The molecule has 0 bridgehead atoms. The molecule has 152 valence electrons. The van der Waals surface area contributed by atoms with Crippen LogP contribution in [0.5, 0.6) is 0 Å². The molecule has 5 nitrogen and oxygen atoms in total. The molecule has 0 amide bonds. The second-order valence-electron chi connectivity index (χ2n) is 6.74. The highest BCUT2D eigenvalue weighted by atomic mass is 32.2. The molecule has 0 fully saturated rings. The van der Waals surface area contributed by atoms with E-state index in [9.17, 15) is 21.6 Å². The number of hydrogen-bond acceptors (Lipinski definition) is 4. The Bertz CT molecular complexity index is 1250. The van der Waals surface area contributed by atoms with Crippen molar-refractivity contribution in [2.45, 2.75) is 17.5 Å². The van der Waals surface area contributed by atoms with Crippen molar-refractivity contribution in [1.82, 2.24) is 4.98 Å². The number of alkyl halides is 3. The van der Waals surface area contributed by atoms with Crippen LogP contribution in [0, 0.1) is 11.3 Å². The van der Waals surface area contributed by atoms with Crippen molar-refractivity contribution >= 4 is 15.7 Å². The molecule has 1 aliphatic rings. The second-order valence-corrected chi connectivity index (χ2v) is 8.60. The zero-order valence-corrected chi connectivity index (χ0v) is 16.2. The molecule has 9 heteroatoms. The summed E-state index contributed by atoms with van der Waals surface area (Å²) in [5.41, 5.74) is 1.89. The Kier molecular flexibility index (Phi) is 4.74. The molecule has 1 aliphatic heterocycles. The largest absolute Gasteiger partial charge is 0.433 e. The number of halogens is 3. The summed E-state index contributed by atoms with van der Waals surface area (Å²) in [7, 11) is -3.79. The summed E-state index contributed by atoms with van der Waals surface area (Å²) in [4.78, 5) is 3.56. The maximum Gasteiger partial charge on any atom is 0.433 e. The monoisotopic (exact) mass is 429 g/mol. The molecular formula is C21H14F3N3O2S. The van der Waals surface area contributed by atoms with E-state index in [-0.39, 0.29) is 11.4 Å². The highest BCUT2D eigenvalue weighted by molar-refractivity contribution is 7.92. The van der Waals surface area contributed by atoms with Gasteiger partial charge >= 0.3 is 6.18 Å². The molecule has 3 aromatic rings. The SMILES string of the molecule is N#Cc1ccc(S(=O)(=O)N2CCc3cc(-c4ccc(C(F)(F)F)nc4)ccc32)cc1. The molecule has 0 N–H and O–H groups in total. The predicted molar refractivity (Wildman–Crippen MR) is 104 cm³/mol. The first kappa shape index (κ1) is 19.9. The van der Waals surface area contributed by atoms with E-state index in [2.05, 4.69) is 4.98 Å². The molecule has 0 aliphatic carbocycles. The van der Waals surface area contributed by atoms with Crippen LogP contribution in [0.3, 0.4) is 0 Å². The highest BCUT2D eigenvalue weighted by Gasteiger charge is 2.33. The third kappa shape index (κ3) is 3.50. The van der Waals surface area contributed by atoms with Crippen molar-refractivity contribution in [1.29, 1.82) is 5.26 Å². The van der Waals surface area contributed by atoms with Gasteiger partial charge in [0.2, 0.25) is 0 Å². The predicted octanol–water partition coefficient (Wildman–Crippen LogP) is 4.39. The number of nitrogens with zero attached hydrogens (tertiary/aromatic N) is 3. The molecule has 4 rings (SSSR count). The van der Waals surface area contributed by atoms with Gasteiger partial charge in [0.25, 0.3) is 10.0 Å². The van der Waals surface area contributed by atoms with Crippen molar-refractivity contribution in [3.8, 4) is 17.2 Å². The number of aromatic nitrogens is 1. The topological polar surface area (TPSA) is 74.1 Å². The van der Waals surface area contributed by atoms with E-state index in [1.54, 1.807) is 18.2 Å². The molecule has 0 saturated carbocycles. The van der Waals surface area contributed by atoms with Crippen molar-refractivity contribution in [2.75, 3.05) is 10.8 Å². The van der Waals surface area contributed by atoms with Gasteiger partial charge in [-0.15, -0.1) is 0 Å². The molecule has 2 heterocycles. The lowest BCUT2D eigenvalue weighted by Crippen LogP contribution is -2.29. The van der Waals surface area contributed by atoms with E-state index in [0.29, 0.717) is 28.8 Å². The maximum atomic E-state index is 13.0. The van der Waals surface area contributed by atoms with Gasteiger partial charge in [0, 0.05) is 18.3 Å². The summed E-state index contributed by atoms with van der Waals surface area (Å²) in [6, 6.07) is 15.0. The Morgan fingerprint density at radius 1 is 1.00 bits per heavy atom. The minimum Gasteiger partial charge on any atom is -0.266 e. The second kappa shape index (κ2) is 7.15. The van der Waals surface area contributed by atoms with Crippen molar-refractivity contribution < 1.29 is 21.6 Å². The standard InChI is InChI=1S/C21H14F3N3O2S/c22-21(23,24)20-8-4-17(13-26-20)15-3-7-19-16(11-15)9-10-27(19)30(28,29)18-5-1-14(12-25)2-6-18/h1-8,11,13H,9-10H2. The molecule has 1 aromatic heterocycles. The van der Waals surface area contributed by atoms with E-state index >= 15 is 0 Å². The van der Waals surface area contributed by atoms with Gasteiger partial charge < -0.3 is 0 Å². The molecular weight excluding hydrogens is 415 g/mol. The van der Waals surface area contributed by atoms with Crippen LogP contribution < -0.4 is 4.31 Å². The van der Waals surface area contributed by atoms with E-state index in [1.807, 2.05) is 6.07 Å². The van der Waals surface area contributed by atoms with Crippen LogP contribution in [0.4, 0.5) is 18.9 Å². The average molecular weight is 429 g/mol. The molecule has 2 aromatic carbocycles. The number of nitriles is 1. The number of pyridine rings is 1. The van der Waals surface area contributed by atoms with Gasteiger partial charge in [-0.25, -0.2) is 8.42 Å². The summed E-state index contributed by atoms with van der Waals surface area (Å²) in [5, 5.41) is 8.88. The van der Waals surface area contributed by atoms with Crippen LogP contribution in [0.2, 0.25) is 0 Å². The van der Waals surface area contributed by atoms with Crippen molar-refractivity contribution in [2.24, 2.45) is 0 Å². The first-order valence-electron chi connectivity index (χ1n) is 8.89. The number of hydrogen-bond donors (Lipinski definition) is 0. The zero-order chi connectivity index (χ0) is 21.5. The van der Waals surface area contributed by atoms with Crippen LogP contribution >= 0.6 is 0 Å². The first-order valence-corrected chi connectivity index (χ1v) is 10.3. The Balaban J connectivity index is 1.64. The zero-order valence-electron chi connectivity index (χ0n) is 15.4. The van der Waals surface area contributed by atoms with Gasteiger partial charge in [-0.05, 0) is 60.0 Å². The van der Waals surface area contributed by atoms with E-state index < -0.39 is 21.9 Å². The average Bonchev–Trinajstić information content (AvgIpc) is 3.17. The van der Waals surface area contributed by atoms with Gasteiger partial charge in [0.1, 0.15) is 5.69 Å². The third-order valence-electron chi connectivity index (χ3n) is 4.89. The normalized spacial score (nSPS) is 13.7. The summed E-state index contributed by atoms with van der Waals surface area (Å²) in [6.45, 7) is 0.256. The minimum atomic E-state index is -4.50. The van der Waals surface area contributed by atoms with Crippen LogP contribution in [-0.2, 0) is 22.6 Å². The Morgan fingerprint density at radius 3 is 2.30 bits per heavy atom. The molecule has 30 heavy (non-hydrogen) atoms. The van der Waals surface area contributed by atoms with Crippen LogP contribution in [0.1, 0.15) is 16.8 Å². The van der Waals surface area contributed by atoms with E-state index in [4.69, 9.17) is 5.26 Å². The van der Waals surface area contributed by atoms with Crippen molar-refractivity contribution in [3.05, 3.63) is 77.6 Å². The third-order valence-corrected chi connectivity index (χ3v) is 6.72.